The lowest BCUT2D eigenvalue weighted by atomic mass is 10.00. The van der Waals surface area contributed by atoms with E-state index in [4.69, 9.17) is 17.2 Å². The zero-order valence-electron chi connectivity index (χ0n) is 45.8. The summed E-state index contributed by atoms with van der Waals surface area (Å²) in [6.45, 7) is 6.24. The first-order chi connectivity index (χ1) is 38.0. The second kappa shape index (κ2) is 32.2. The van der Waals surface area contributed by atoms with E-state index in [1.165, 1.54) is 9.80 Å². The molecule has 80 heavy (non-hydrogen) atoms. The molecule has 2 heterocycles. The summed E-state index contributed by atoms with van der Waals surface area (Å²) in [6.07, 6.45) is 1.23. The predicted octanol–water partition coefficient (Wildman–Crippen LogP) is -2.50. The molecule has 2 aromatic rings. The van der Waals surface area contributed by atoms with E-state index in [1.54, 1.807) is 88.4 Å². The first kappa shape index (κ1) is 65.4. The molecule has 15 N–H and O–H groups in total. The third-order valence-corrected chi connectivity index (χ3v) is 14.3. The number of unbranched alkanes of at least 4 members (excludes halogenated alkanes) is 1. The number of rotatable bonds is 31. The lowest BCUT2D eigenvalue weighted by Crippen LogP contribution is -2.61. The van der Waals surface area contributed by atoms with Gasteiger partial charge in [-0.2, -0.15) is 12.6 Å². The normalized spacial score (nSPS) is 18.1. The SMILES string of the molecule is CC(C)[C@H](N)C(=O)N[C@H](C(=O)N[C@@H](CS)C(=O)N[C@@H](CC(N)=O)C(=O)N[C@@H](CO)C(=O)N1CCC[C@H]1C(=O)N1CCC[C@H]1C(=O)N[C@@H](Cc1ccccc1)C(=O)N[C@@H](Cc1ccccc1)C(=O)N[C@@H](CCCCN)C(=O)O)C(C)C. The Hall–Kier alpha value is -7.16. The molecule has 0 radical (unpaired) electrons. The molecule has 10 atom stereocenters. The number of carbonyl (C=O) groups excluding carboxylic acids is 10. The Labute approximate surface area is 471 Å². The molecule has 2 fully saturated rings. The molecule has 2 aliphatic rings. The highest BCUT2D eigenvalue weighted by Crippen LogP contribution is 2.26. The number of carboxylic acid groups (broad SMARTS) is 1. The summed E-state index contributed by atoms with van der Waals surface area (Å²) in [7, 11) is 0. The molecular formula is C54H80N12O13S. The molecule has 26 heteroatoms. The summed E-state index contributed by atoms with van der Waals surface area (Å²) in [5.74, 6) is -10.5. The van der Waals surface area contributed by atoms with Crippen molar-refractivity contribution < 1.29 is 63.0 Å². The number of carbonyl (C=O) groups is 11. The Bertz CT molecular complexity index is 2470. The number of likely N-dealkylation sites (tertiary alicyclic amines) is 2. The van der Waals surface area contributed by atoms with Gasteiger partial charge in [-0.05, 0) is 74.5 Å². The van der Waals surface area contributed by atoms with E-state index in [1.807, 2.05) is 0 Å². The zero-order valence-corrected chi connectivity index (χ0v) is 46.7. The quantitative estimate of drug-likeness (QED) is 0.0274. The van der Waals surface area contributed by atoms with Crippen molar-refractivity contribution in [3.8, 4) is 0 Å². The zero-order chi connectivity index (χ0) is 59.2. The number of aliphatic hydroxyl groups is 1. The standard InChI is InChI=1S/C54H80N12O13S/c1-30(2)43(57)50(74)64-44(31(3)4)51(75)63-39(29-80)48(72)60-37(27-42(56)68)47(71)62-38(28-67)52(76)66-24-14-21-41(66)53(77)65-23-13-20-40(65)49(73)61-36(26-33-17-9-6-10-18-33)46(70)59-35(25-32-15-7-5-8-16-32)45(69)58-34(54(78)79)19-11-12-22-55/h5-10,15-18,30-31,34-41,43-44,67,80H,11-14,19-29,55,57H2,1-4H3,(H2,56,68)(H,58,69)(H,59,70)(H,60,72)(H,61,73)(H,62,71)(H,63,75)(H,64,74)(H,78,79)/t34-,35-,36-,37-,38-,39-,40-,41-,43-,44-/m0/s1. The number of nitrogens with one attached hydrogen (secondary N) is 7. The van der Waals surface area contributed by atoms with Crippen LogP contribution in [0.4, 0.5) is 0 Å². The third-order valence-electron chi connectivity index (χ3n) is 14.0. The van der Waals surface area contributed by atoms with Gasteiger partial charge in [0.2, 0.25) is 59.1 Å². The monoisotopic (exact) mass is 1140 g/mol. The predicted molar refractivity (Wildman–Crippen MR) is 296 cm³/mol. The molecular weight excluding hydrogens is 1060 g/mol. The maximum Gasteiger partial charge on any atom is 0.326 e. The van der Waals surface area contributed by atoms with E-state index in [-0.39, 0.29) is 56.9 Å². The smallest absolute Gasteiger partial charge is 0.326 e. The van der Waals surface area contributed by atoms with Crippen LogP contribution in [-0.2, 0) is 65.6 Å². The molecule has 0 aliphatic carbocycles. The van der Waals surface area contributed by atoms with Crippen molar-refractivity contribution in [3.05, 3.63) is 71.8 Å². The van der Waals surface area contributed by atoms with Crippen molar-refractivity contribution >= 4 is 77.7 Å². The van der Waals surface area contributed by atoms with E-state index < -0.39 is 144 Å². The number of nitrogens with two attached hydrogens (primary N) is 3. The van der Waals surface area contributed by atoms with Gasteiger partial charge in [0.05, 0.1) is 19.1 Å². The van der Waals surface area contributed by atoms with Gasteiger partial charge in [-0.15, -0.1) is 0 Å². The fraction of sp³-hybridized carbons (Fsp3) is 0.574. The number of amides is 10. The summed E-state index contributed by atoms with van der Waals surface area (Å²) >= 11 is 4.18. The van der Waals surface area contributed by atoms with Gasteiger partial charge >= 0.3 is 5.97 Å². The van der Waals surface area contributed by atoms with Crippen LogP contribution < -0.4 is 54.4 Å². The van der Waals surface area contributed by atoms with Crippen molar-refractivity contribution in [1.82, 2.24) is 47.0 Å². The highest BCUT2D eigenvalue weighted by atomic mass is 32.1. The Kier molecular flexibility index (Phi) is 26.3. The first-order valence-corrected chi connectivity index (χ1v) is 27.6. The molecule has 0 aromatic heterocycles. The molecule has 4 rings (SSSR count). The number of nitrogens with zero attached hydrogens (tertiary/aromatic N) is 2. The third kappa shape index (κ3) is 19.3. The van der Waals surface area contributed by atoms with E-state index in [0.29, 0.717) is 43.4 Å². The summed E-state index contributed by atoms with van der Waals surface area (Å²) in [6, 6.07) is 4.48. The summed E-state index contributed by atoms with van der Waals surface area (Å²) in [4.78, 5) is 152. The second-order valence-electron chi connectivity index (χ2n) is 20.8. The number of aliphatic carboxylic acids is 1. The van der Waals surface area contributed by atoms with Crippen LogP contribution >= 0.6 is 12.6 Å². The van der Waals surface area contributed by atoms with Crippen LogP contribution in [0.15, 0.2) is 60.7 Å². The Morgan fingerprint density at radius 1 is 0.600 bits per heavy atom. The Balaban J connectivity index is 1.49. The number of hydrogen-bond donors (Lipinski definition) is 13. The highest BCUT2D eigenvalue weighted by molar-refractivity contribution is 7.80. The molecule has 2 aromatic carbocycles. The number of thiol groups is 1. The van der Waals surface area contributed by atoms with Crippen LogP contribution in [0.1, 0.15) is 90.2 Å². The van der Waals surface area contributed by atoms with Crippen molar-refractivity contribution in [3.63, 3.8) is 0 Å². The fourth-order valence-electron chi connectivity index (χ4n) is 9.35. The largest absolute Gasteiger partial charge is 0.480 e. The molecule has 2 saturated heterocycles. The van der Waals surface area contributed by atoms with Gasteiger partial charge in [-0.3, -0.25) is 47.9 Å². The minimum atomic E-state index is -1.73. The second-order valence-corrected chi connectivity index (χ2v) is 21.1. The van der Waals surface area contributed by atoms with E-state index in [2.05, 4.69) is 49.8 Å². The van der Waals surface area contributed by atoms with Crippen molar-refractivity contribution in [1.29, 1.82) is 0 Å². The molecule has 0 spiro atoms. The number of primary amides is 1. The summed E-state index contributed by atoms with van der Waals surface area (Å²) < 4.78 is 0. The van der Waals surface area contributed by atoms with Gasteiger partial charge in [0.1, 0.15) is 54.4 Å². The maximum absolute atomic E-state index is 14.5. The molecule has 440 valence electrons. The number of carboxylic acids is 1. The van der Waals surface area contributed by atoms with Gasteiger partial charge in [-0.25, -0.2) is 4.79 Å². The highest BCUT2D eigenvalue weighted by Gasteiger charge is 2.45. The van der Waals surface area contributed by atoms with Crippen LogP contribution in [0.25, 0.3) is 0 Å². The van der Waals surface area contributed by atoms with Crippen LogP contribution in [-0.4, -0.2) is 177 Å². The Morgan fingerprint density at radius 2 is 1.09 bits per heavy atom. The first-order valence-electron chi connectivity index (χ1n) is 27.0. The molecule has 0 bridgehead atoms. The minimum Gasteiger partial charge on any atom is -0.480 e. The average molecular weight is 1140 g/mol. The lowest BCUT2D eigenvalue weighted by Gasteiger charge is -2.33. The molecule has 0 saturated carbocycles. The number of benzene rings is 2. The molecule has 0 unspecified atom stereocenters. The van der Waals surface area contributed by atoms with Gasteiger partial charge in [0.15, 0.2) is 0 Å². The fourth-order valence-corrected chi connectivity index (χ4v) is 9.60. The van der Waals surface area contributed by atoms with Crippen LogP contribution in [0.2, 0.25) is 0 Å². The van der Waals surface area contributed by atoms with Gasteiger partial charge in [0.25, 0.3) is 0 Å². The van der Waals surface area contributed by atoms with Crippen LogP contribution in [0.3, 0.4) is 0 Å². The topological polar surface area (TPSA) is 397 Å². The van der Waals surface area contributed by atoms with E-state index >= 15 is 0 Å². The van der Waals surface area contributed by atoms with Gasteiger partial charge < -0.3 is 74.4 Å². The number of hydrogen-bond acceptors (Lipinski definition) is 15. The van der Waals surface area contributed by atoms with Crippen molar-refractivity contribution in [2.45, 2.75) is 152 Å². The van der Waals surface area contributed by atoms with Crippen molar-refractivity contribution in [2.24, 2.45) is 29.0 Å². The number of aliphatic hydroxyl groups excluding tert-OH is 1. The van der Waals surface area contributed by atoms with Crippen LogP contribution in [0.5, 0.6) is 0 Å². The van der Waals surface area contributed by atoms with Crippen molar-refractivity contribution in [2.75, 3.05) is 32.0 Å². The maximum atomic E-state index is 14.5. The van der Waals surface area contributed by atoms with Gasteiger partial charge in [-0.1, -0.05) is 88.4 Å². The minimum absolute atomic E-state index is 0.0102. The molecule has 2 aliphatic heterocycles. The van der Waals surface area contributed by atoms with Gasteiger partial charge in [0, 0.05) is 31.7 Å². The summed E-state index contributed by atoms with van der Waals surface area (Å²) in [5.41, 5.74) is 18.3. The molecule has 25 nitrogen and oxygen atoms in total. The summed E-state index contributed by atoms with van der Waals surface area (Å²) in [5, 5.41) is 38.3. The Morgan fingerprint density at radius 3 is 1.60 bits per heavy atom. The molecule has 10 amide bonds. The lowest BCUT2D eigenvalue weighted by molar-refractivity contribution is -0.148. The van der Waals surface area contributed by atoms with Crippen LogP contribution in [0, 0.1) is 11.8 Å². The van der Waals surface area contributed by atoms with E-state index in [9.17, 15) is 63.0 Å². The average Bonchev–Trinajstić information content (AvgIpc) is 4.17. The van der Waals surface area contributed by atoms with E-state index in [0.717, 1.165) is 0 Å².